The SMILES string of the molecule is CNCc1sc(N2CCOCC2(C)C)nc1C(C)C. The first-order chi connectivity index (χ1) is 8.95. The molecule has 0 aromatic carbocycles. The van der Waals surface area contributed by atoms with Gasteiger partial charge in [-0.1, -0.05) is 13.8 Å². The summed E-state index contributed by atoms with van der Waals surface area (Å²) in [6, 6.07) is 0. The standard InChI is InChI=1S/C14H25N3OS/c1-10(2)12-11(8-15-5)19-13(16-12)17-6-7-18-9-14(17,3)4/h10,15H,6-9H2,1-5H3. The van der Waals surface area contributed by atoms with Gasteiger partial charge >= 0.3 is 0 Å². The number of rotatable bonds is 4. The molecule has 1 saturated heterocycles. The van der Waals surface area contributed by atoms with E-state index in [0.717, 1.165) is 31.4 Å². The Bertz CT molecular complexity index is 428. The quantitative estimate of drug-likeness (QED) is 0.921. The molecule has 1 fully saturated rings. The molecule has 0 radical (unpaired) electrons. The molecule has 0 unspecified atom stereocenters. The Labute approximate surface area is 120 Å². The Morgan fingerprint density at radius 2 is 2.21 bits per heavy atom. The summed E-state index contributed by atoms with van der Waals surface area (Å²) in [6.07, 6.45) is 0. The van der Waals surface area contributed by atoms with Gasteiger partial charge in [0.2, 0.25) is 0 Å². The lowest BCUT2D eigenvalue weighted by atomic mass is 10.0. The van der Waals surface area contributed by atoms with Crippen LogP contribution in [0.3, 0.4) is 0 Å². The van der Waals surface area contributed by atoms with Crippen LogP contribution in [-0.2, 0) is 11.3 Å². The van der Waals surface area contributed by atoms with Crippen LogP contribution in [0.15, 0.2) is 0 Å². The third-order valence-electron chi connectivity index (χ3n) is 3.48. The van der Waals surface area contributed by atoms with Crippen LogP contribution >= 0.6 is 11.3 Å². The van der Waals surface area contributed by atoms with Gasteiger partial charge in [0.15, 0.2) is 5.13 Å². The highest BCUT2D eigenvalue weighted by atomic mass is 32.1. The minimum Gasteiger partial charge on any atom is -0.377 e. The molecule has 2 heterocycles. The largest absolute Gasteiger partial charge is 0.377 e. The topological polar surface area (TPSA) is 37.4 Å². The van der Waals surface area contributed by atoms with Crippen LogP contribution < -0.4 is 10.2 Å². The predicted molar refractivity (Wildman–Crippen MR) is 81.2 cm³/mol. The highest BCUT2D eigenvalue weighted by Crippen LogP contribution is 2.35. The van der Waals surface area contributed by atoms with Crippen molar-refractivity contribution in [2.45, 2.75) is 45.7 Å². The second-order valence-corrected chi connectivity index (χ2v) is 7.07. The highest BCUT2D eigenvalue weighted by Gasteiger charge is 2.33. The summed E-state index contributed by atoms with van der Waals surface area (Å²) in [7, 11) is 1.99. The molecule has 1 aliphatic heterocycles. The molecule has 0 spiro atoms. The fourth-order valence-corrected chi connectivity index (χ4v) is 3.83. The van der Waals surface area contributed by atoms with Gasteiger partial charge in [-0.05, 0) is 26.8 Å². The summed E-state index contributed by atoms with van der Waals surface area (Å²) in [5.41, 5.74) is 1.26. The highest BCUT2D eigenvalue weighted by molar-refractivity contribution is 7.15. The fraction of sp³-hybridized carbons (Fsp3) is 0.786. The maximum Gasteiger partial charge on any atom is 0.186 e. The van der Waals surface area contributed by atoms with E-state index in [0.29, 0.717) is 5.92 Å². The van der Waals surface area contributed by atoms with Gasteiger partial charge in [-0.25, -0.2) is 4.98 Å². The van der Waals surface area contributed by atoms with Crippen LogP contribution in [0.25, 0.3) is 0 Å². The van der Waals surface area contributed by atoms with E-state index < -0.39 is 0 Å². The third-order valence-corrected chi connectivity index (χ3v) is 4.57. The molecule has 1 aromatic rings. The van der Waals surface area contributed by atoms with Crippen LogP contribution in [-0.4, -0.2) is 37.3 Å². The number of thiazole rings is 1. The lowest BCUT2D eigenvalue weighted by Gasteiger charge is -2.42. The Morgan fingerprint density at radius 3 is 2.79 bits per heavy atom. The number of hydrogen-bond donors (Lipinski definition) is 1. The van der Waals surface area contributed by atoms with E-state index in [9.17, 15) is 0 Å². The van der Waals surface area contributed by atoms with Crippen molar-refractivity contribution in [3.8, 4) is 0 Å². The van der Waals surface area contributed by atoms with Crippen molar-refractivity contribution in [3.05, 3.63) is 10.6 Å². The van der Waals surface area contributed by atoms with Crippen LogP contribution in [0, 0.1) is 0 Å². The average Bonchev–Trinajstić information content (AvgIpc) is 2.73. The van der Waals surface area contributed by atoms with Crippen LogP contribution in [0.4, 0.5) is 5.13 Å². The number of aromatic nitrogens is 1. The van der Waals surface area contributed by atoms with E-state index in [1.807, 2.05) is 18.4 Å². The molecule has 4 nitrogen and oxygen atoms in total. The van der Waals surface area contributed by atoms with Crippen molar-refractivity contribution < 1.29 is 4.74 Å². The molecule has 1 aliphatic rings. The zero-order chi connectivity index (χ0) is 14.0. The predicted octanol–water partition coefficient (Wildman–Crippen LogP) is 2.60. The molecule has 1 aromatic heterocycles. The van der Waals surface area contributed by atoms with Crippen molar-refractivity contribution in [3.63, 3.8) is 0 Å². The molecule has 5 heteroatoms. The Balaban J connectivity index is 2.31. The third kappa shape index (κ3) is 3.09. The molecule has 0 aliphatic carbocycles. The molecule has 0 saturated carbocycles. The first-order valence-corrected chi connectivity index (χ1v) is 7.77. The van der Waals surface area contributed by atoms with Crippen molar-refractivity contribution in [1.82, 2.24) is 10.3 Å². The zero-order valence-electron chi connectivity index (χ0n) is 12.6. The van der Waals surface area contributed by atoms with Crippen LogP contribution in [0.2, 0.25) is 0 Å². The summed E-state index contributed by atoms with van der Waals surface area (Å²) < 4.78 is 5.59. The minimum atomic E-state index is 0.0290. The summed E-state index contributed by atoms with van der Waals surface area (Å²) in [6.45, 7) is 12.3. The van der Waals surface area contributed by atoms with E-state index in [-0.39, 0.29) is 5.54 Å². The summed E-state index contributed by atoms with van der Waals surface area (Å²) >= 11 is 1.82. The van der Waals surface area contributed by atoms with Gasteiger partial charge in [0.1, 0.15) is 0 Å². The monoisotopic (exact) mass is 283 g/mol. The Hall–Kier alpha value is -0.650. The van der Waals surface area contributed by atoms with Gasteiger partial charge in [-0.3, -0.25) is 0 Å². The molecule has 0 bridgehead atoms. The van der Waals surface area contributed by atoms with Crippen LogP contribution in [0.1, 0.15) is 44.2 Å². The molecule has 0 amide bonds. The second kappa shape index (κ2) is 5.77. The minimum absolute atomic E-state index is 0.0290. The lowest BCUT2D eigenvalue weighted by molar-refractivity contribution is 0.0643. The van der Waals surface area contributed by atoms with Gasteiger partial charge in [0, 0.05) is 18.0 Å². The average molecular weight is 283 g/mol. The summed E-state index contributed by atoms with van der Waals surface area (Å²) in [5.74, 6) is 0.470. The summed E-state index contributed by atoms with van der Waals surface area (Å²) in [4.78, 5) is 8.65. The van der Waals surface area contributed by atoms with E-state index >= 15 is 0 Å². The maximum absolute atomic E-state index is 5.59. The fourth-order valence-electron chi connectivity index (χ4n) is 2.42. The molecule has 0 atom stereocenters. The first kappa shape index (κ1) is 14.8. The van der Waals surface area contributed by atoms with Crippen molar-refractivity contribution >= 4 is 16.5 Å². The Morgan fingerprint density at radius 1 is 1.47 bits per heavy atom. The molecular weight excluding hydrogens is 258 g/mol. The lowest BCUT2D eigenvalue weighted by Crippen LogP contribution is -2.53. The van der Waals surface area contributed by atoms with E-state index in [1.165, 1.54) is 10.6 Å². The van der Waals surface area contributed by atoms with Gasteiger partial charge < -0.3 is 15.0 Å². The number of hydrogen-bond acceptors (Lipinski definition) is 5. The number of anilines is 1. The van der Waals surface area contributed by atoms with Gasteiger partial charge in [-0.15, -0.1) is 11.3 Å². The molecular formula is C14H25N3OS. The number of ether oxygens (including phenoxy) is 1. The number of morpholine rings is 1. The smallest absolute Gasteiger partial charge is 0.186 e. The van der Waals surface area contributed by atoms with E-state index in [2.05, 4.69) is 37.9 Å². The molecule has 1 N–H and O–H groups in total. The number of nitrogens with one attached hydrogen (secondary N) is 1. The zero-order valence-corrected chi connectivity index (χ0v) is 13.4. The van der Waals surface area contributed by atoms with Gasteiger partial charge in [0.25, 0.3) is 0 Å². The van der Waals surface area contributed by atoms with Crippen LogP contribution in [0.5, 0.6) is 0 Å². The van der Waals surface area contributed by atoms with Crippen molar-refractivity contribution in [1.29, 1.82) is 0 Å². The number of nitrogens with zero attached hydrogens (tertiary/aromatic N) is 2. The molecule has 2 rings (SSSR count). The Kier molecular flexibility index (Phi) is 4.48. The maximum atomic E-state index is 5.59. The summed E-state index contributed by atoms with van der Waals surface area (Å²) in [5, 5.41) is 4.38. The van der Waals surface area contributed by atoms with Crippen molar-refractivity contribution in [2.24, 2.45) is 0 Å². The van der Waals surface area contributed by atoms with Gasteiger partial charge in [0.05, 0.1) is 24.4 Å². The van der Waals surface area contributed by atoms with Gasteiger partial charge in [-0.2, -0.15) is 0 Å². The van der Waals surface area contributed by atoms with E-state index in [4.69, 9.17) is 9.72 Å². The second-order valence-electron chi connectivity index (χ2n) is 6.01. The van der Waals surface area contributed by atoms with Crippen molar-refractivity contribution in [2.75, 3.05) is 31.7 Å². The molecule has 108 valence electrons. The van der Waals surface area contributed by atoms with E-state index in [1.54, 1.807) is 0 Å². The molecule has 19 heavy (non-hydrogen) atoms. The first-order valence-electron chi connectivity index (χ1n) is 6.95. The normalized spacial score (nSPS) is 19.2.